The molecule has 0 saturated heterocycles. The van der Waals surface area contributed by atoms with Gasteiger partial charge < -0.3 is 9.47 Å². The number of thiophene rings is 1. The third-order valence-electron chi connectivity index (χ3n) is 4.38. The Kier molecular flexibility index (Phi) is 6.53. The highest BCUT2D eigenvalue weighted by Crippen LogP contribution is 2.23. The Morgan fingerprint density at radius 2 is 1.59 bits per heavy atom. The number of esters is 1. The Morgan fingerprint density at radius 1 is 0.844 bits per heavy atom. The summed E-state index contributed by atoms with van der Waals surface area (Å²) in [7, 11) is -3.64. The van der Waals surface area contributed by atoms with Crippen molar-refractivity contribution in [1.29, 1.82) is 0 Å². The lowest BCUT2D eigenvalue weighted by atomic mass is 10.2. The molecule has 6 nitrogen and oxygen atoms in total. The van der Waals surface area contributed by atoms with Gasteiger partial charge in [0.05, 0.1) is 5.56 Å². The molecule has 3 aromatic carbocycles. The Labute approximate surface area is 190 Å². The van der Waals surface area contributed by atoms with E-state index in [1.807, 2.05) is 54.6 Å². The molecule has 162 valence electrons. The lowest BCUT2D eigenvalue weighted by Gasteiger charge is -2.09. The molecular formula is C24H19NO5S2. The van der Waals surface area contributed by atoms with Gasteiger partial charge >= 0.3 is 5.97 Å². The van der Waals surface area contributed by atoms with Crippen molar-refractivity contribution >= 4 is 33.0 Å². The first-order valence-corrected chi connectivity index (χ1v) is 12.0. The van der Waals surface area contributed by atoms with E-state index in [2.05, 4.69) is 4.72 Å². The van der Waals surface area contributed by atoms with E-state index in [0.29, 0.717) is 17.0 Å². The number of ether oxygens (including phenoxy) is 2. The summed E-state index contributed by atoms with van der Waals surface area (Å²) in [5.41, 5.74) is 1.47. The quantitative estimate of drug-likeness (QED) is 0.338. The lowest BCUT2D eigenvalue weighted by molar-refractivity contribution is 0.0472. The number of nitrogens with one attached hydrogen (secondary N) is 1. The van der Waals surface area contributed by atoms with Gasteiger partial charge in [0.25, 0.3) is 10.0 Å². The summed E-state index contributed by atoms with van der Waals surface area (Å²) >= 11 is 1.13. The smallest absolute Gasteiger partial charge is 0.338 e. The minimum absolute atomic E-state index is 0.0809. The molecule has 1 N–H and O–H groups in total. The molecule has 4 aromatic rings. The van der Waals surface area contributed by atoms with Gasteiger partial charge in [-0.25, -0.2) is 13.2 Å². The van der Waals surface area contributed by atoms with E-state index in [0.717, 1.165) is 22.6 Å². The van der Waals surface area contributed by atoms with Crippen LogP contribution in [0.25, 0.3) is 0 Å². The van der Waals surface area contributed by atoms with Crippen LogP contribution >= 0.6 is 11.3 Å². The summed E-state index contributed by atoms with van der Waals surface area (Å²) in [5, 5.41) is 1.69. The Bertz CT molecular complexity index is 1290. The summed E-state index contributed by atoms with van der Waals surface area (Å²) in [6.45, 7) is 0.0809. The van der Waals surface area contributed by atoms with Crippen LogP contribution in [0.15, 0.2) is 101 Å². The highest BCUT2D eigenvalue weighted by molar-refractivity contribution is 7.94. The van der Waals surface area contributed by atoms with Crippen molar-refractivity contribution in [3.05, 3.63) is 108 Å². The fourth-order valence-corrected chi connectivity index (χ4v) is 4.90. The van der Waals surface area contributed by atoms with Gasteiger partial charge in [0.2, 0.25) is 0 Å². The maximum atomic E-state index is 12.4. The lowest BCUT2D eigenvalue weighted by Crippen LogP contribution is -2.11. The van der Waals surface area contributed by atoms with Crippen LogP contribution in [-0.2, 0) is 21.4 Å². The zero-order chi connectivity index (χ0) is 22.4. The van der Waals surface area contributed by atoms with Gasteiger partial charge in [-0.2, -0.15) is 0 Å². The van der Waals surface area contributed by atoms with Crippen LogP contribution in [0.1, 0.15) is 15.9 Å². The van der Waals surface area contributed by atoms with E-state index >= 15 is 0 Å². The molecule has 0 aliphatic rings. The summed E-state index contributed by atoms with van der Waals surface area (Å²) < 4.78 is 38.5. The standard InChI is InChI=1S/C24H19NO5S2/c26-24(19-11-13-20(14-12-19)25-32(27,28)23-10-5-15-31-23)29-17-18-6-4-9-22(16-18)30-21-7-2-1-3-8-21/h1-16,25H,17H2. The van der Waals surface area contributed by atoms with Crippen LogP contribution in [0.4, 0.5) is 5.69 Å². The predicted octanol–water partition coefficient (Wildman–Crippen LogP) is 5.70. The Morgan fingerprint density at radius 3 is 2.31 bits per heavy atom. The SMILES string of the molecule is O=C(OCc1cccc(Oc2ccccc2)c1)c1ccc(NS(=O)(=O)c2cccs2)cc1. The number of carbonyl (C=O) groups excluding carboxylic acids is 1. The molecule has 0 saturated carbocycles. The summed E-state index contributed by atoms with van der Waals surface area (Å²) in [4.78, 5) is 12.4. The topological polar surface area (TPSA) is 81.7 Å². The van der Waals surface area contributed by atoms with Crippen molar-refractivity contribution in [3.63, 3.8) is 0 Å². The molecular weight excluding hydrogens is 446 g/mol. The van der Waals surface area contributed by atoms with Gasteiger partial charge in [-0.1, -0.05) is 36.4 Å². The maximum absolute atomic E-state index is 12.4. The normalized spacial score (nSPS) is 11.0. The van der Waals surface area contributed by atoms with Crippen molar-refractivity contribution < 1.29 is 22.7 Å². The molecule has 4 rings (SSSR count). The average molecular weight is 466 g/mol. The van der Waals surface area contributed by atoms with E-state index in [9.17, 15) is 13.2 Å². The largest absolute Gasteiger partial charge is 0.457 e. The Balaban J connectivity index is 1.35. The van der Waals surface area contributed by atoms with Gasteiger partial charge in [0.15, 0.2) is 0 Å². The first-order valence-electron chi connectivity index (χ1n) is 9.65. The number of hydrogen-bond donors (Lipinski definition) is 1. The number of rotatable bonds is 8. The predicted molar refractivity (Wildman–Crippen MR) is 124 cm³/mol. The molecule has 0 atom stereocenters. The molecule has 32 heavy (non-hydrogen) atoms. The van der Waals surface area contributed by atoms with Crippen molar-refractivity contribution in [2.75, 3.05) is 4.72 Å². The number of benzene rings is 3. The van der Waals surface area contributed by atoms with Crippen LogP contribution in [0, 0.1) is 0 Å². The van der Waals surface area contributed by atoms with E-state index in [1.165, 1.54) is 30.3 Å². The fraction of sp³-hybridized carbons (Fsp3) is 0.0417. The van der Waals surface area contributed by atoms with E-state index in [1.54, 1.807) is 11.4 Å². The van der Waals surface area contributed by atoms with Crippen LogP contribution in [0.2, 0.25) is 0 Å². The summed E-state index contributed by atoms with van der Waals surface area (Å²) in [6, 6.07) is 26.0. The van der Waals surface area contributed by atoms with Gasteiger partial charge in [-0.05, 0) is 65.5 Å². The molecule has 0 amide bonds. The van der Waals surface area contributed by atoms with E-state index in [-0.39, 0.29) is 10.8 Å². The minimum atomic E-state index is -3.64. The minimum Gasteiger partial charge on any atom is -0.457 e. The average Bonchev–Trinajstić information content (AvgIpc) is 3.35. The molecule has 0 aliphatic carbocycles. The van der Waals surface area contributed by atoms with Crippen LogP contribution in [-0.4, -0.2) is 14.4 Å². The third-order valence-corrected chi connectivity index (χ3v) is 7.16. The molecule has 0 radical (unpaired) electrons. The highest BCUT2D eigenvalue weighted by atomic mass is 32.2. The fourth-order valence-electron chi connectivity index (χ4n) is 2.85. The van der Waals surface area contributed by atoms with Crippen molar-refractivity contribution in [2.45, 2.75) is 10.8 Å². The Hall–Kier alpha value is -3.62. The second-order valence-electron chi connectivity index (χ2n) is 6.75. The van der Waals surface area contributed by atoms with Gasteiger partial charge in [0, 0.05) is 5.69 Å². The molecule has 8 heteroatoms. The second-order valence-corrected chi connectivity index (χ2v) is 9.61. The third kappa shape index (κ3) is 5.54. The summed E-state index contributed by atoms with van der Waals surface area (Å²) in [6.07, 6.45) is 0. The van der Waals surface area contributed by atoms with Gasteiger partial charge in [0.1, 0.15) is 22.3 Å². The highest BCUT2D eigenvalue weighted by Gasteiger charge is 2.15. The number of hydrogen-bond acceptors (Lipinski definition) is 6. The second kappa shape index (κ2) is 9.67. The van der Waals surface area contributed by atoms with E-state index in [4.69, 9.17) is 9.47 Å². The van der Waals surface area contributed by atoms with Gasteiger partial charge in [-0.3, -0.25) is 4.72 Å². The molecule has 1 heterocycles. The number of sulfonamides is 1. The molecule has 1 aromatic heterocycles. The molecule has 0 fully saturated rings. The van der Waals surface area contributed by atoms with Crippen LogP contribution in [0.5, 0.6) is 11.5 Å². The van der Waals surface area contributed by atoms with Crippen molar-refractivity contribution in [2.24, 2.45) is 0 Å². The molecule has 0 aliphatic heterocycles. The van der Waals surface area contributed by atoms with Crippen LogP contribution < -0.4 is 9.46 Å². The first-order chi connectivity index (χ1) is 15.5. The van der Waals surface area contributed by atoms with Crippen molar-refractivity contribution in [3.8, 4) is 11.5 Å². The zero-order valence-electron chi connectivity index (χ0n) is 16.8. The van der Waals surface area contributed by atoms with Crippen molar-refractivity contribution in [1.82, 2.24) is 0 Å². The number of carbonyl (C=O) groups is 1. The number of anilines is 1. The number of para-hydroxylation sites is 1. The molecule has 0 unspecified atom stereocenters. The zero-order valence-corrected chi connectivity index (χ0v) is 18.4. The molecule has 0 spiro atoms. The monoisotopic (exact) mass is 465 g/mol. The van der Waals surface area contributed by atoms with Gasteiger partial charge in [-0.15, -0.1) is 11.3 Å². The van der Waals surface area contributed by atoms with E-state index < -0.39 is 16.0 Å². The summed E-state index contributed by atoms with van der Waals surface area (Å²) in [5.74, 6) is 0.857. The first kappa shape index (κ1) is 21.6. The molecule has 0 bridgehead atoms. The van der Waals surface area contributed by atoms with Crippen LogP contribution in [0.3, 0.4) is 0 Å². The maximum Gasteiger partial charge on any atom is 0.338 e.